The number of nitrogens with one attached hydrogen (secondary N) is 1. The third-order valence-corrected chi connectivity index (χ3v) is 3.89. The number of amides is 2. The van der Waals surface area contributed by atoms with Gasteiger partial charge in [-0.2, -0.15) is 11.3 Å². The molecule has 2 heterocycles. The van der Waals surface area contributed by atoms with Crippen molar-refractivity contribution in [1.29, 1.82) is 0 Å². The summed E-state index contributed by atoms with van der Waals surface area (Å²) in [5.74, 6) is -0.388. The van der Waals surface area contributed by atoms with Gasteiger partial charge in [0.1, 0.15) is 0 Å². The van der Waals surface area contributed by atoms with Crippen LogP contribution in [-0.4, -0.2) is 30.1 Å². The van der Waals surface area contributed by atoms with Crippen LogP contribution in [0.25, 0.3) is 0 Å². The number of ether oxygens (including phenoxy) is 1. The molecule has 1 aromatic heterocycles. The van der Waals surface area contributed by atoms with Crippen molar-refractivity contribution >= 4 is 23.3 Å². The minimum Gasteiger partial charge on any atom is -0.459 e. The normalized spacial score (nSPS) is 19.4. The smallest absolute Gasteiger partial charge is 0.338 e. The molecule has 0 unspecified atom stereocenters. The molecule has 6 heteroatoms. The molecule has 5 nitrogen and oxygen atoms in total. The van der Waals surface area contributed by atoms with Crippen molar-refractivity contribution in [3.8, 4) is 0 Å². The average molecular weight is 294 g/mol. The Bertz CT molecular complexity index is 549. The van der Waals surface area contributed by atoms with Crippen molar-refractivity contribution in [2.75, 3.05) is 7.05 Å². The molecule has 0 aliphatic carbocycles. The molecule has 20 heavy (non-hydrogen) atoms. The Morgan fingerprint density at radius 2 is 2.20 bits per heavy atom. The molecule has 0 bridgehead atoms. The van der Waals surface area contributed by atoms with E-state index in [4.69, 9.17) is 4.74 Å². The number of carbonyl (C=O) groups is 2. The number of hydrogen-bond acceptors (Lipinski definition) is 4. The van der Waals surface area contributed by atoms with E-state index < -0.39 is 6.04 Å². The molecule has 0 aromatic carbocycles. The maximum Gasteiger partial charge on any atom is 0.338 e. The molecular formula is C14H18N2O3S. The molecule has 0 saturated heterocycles. The maximum absolute atomic E-state index is 12.3. The average Bonchev–Trinajstić information content (AvgIpc) is 2.88. The van der Waals surface area contributed by atoms with Crippen molar-refractivity contribution in [1.82, 2.24) is 10.2 Å². The van der Waals surface area contributed by atoms with Crippen molar-refractivity contribution < 1.29 is 14.3 Å². The molecule has 2 amide bonds. The molecule has 0 fully saturated rings. The number of esters is 1. The minimum atomic E-state index is -0.448. The zero-order valence-corrected chi connectivity index (χ0v) is 12.8. The van der Waals surface area contributed by atoms with Crippen LogP contribution >= 0.6 is 11.3 Å². The number of carbonyl (C=O) groups excluding carboxylic acids is 2. The van der Waals surface area contributed by atoms with E-state index in [9.17, 15) is 9.59 Å². The van der Waals surface area contributed by atoms with E-state index in [0.29, 0.717) is 11.3 Å². The van der Waals surface area contributed by atoms with E-state index in [1.807, 2.05) is 16.8 Å². The van der Waals surface area contributed by atoms with Crippen LogP contribution in [0.4, 0.5) is 4.79 Å². The first-order chi connectivity index (χ1) is 9.41. The summed E-state index contributed by atoms with van der Waals surface area (Å²) in [6, 6.07) is 1.23. The van der Waals surface area contributed by atoms with Crippen LogP contribution < -0.4 is 5.32 Å². The lowest BCUT2D eigenvalue weighted by molar-refractivity contribution is -0.143. The lowest BCUT2D eigenvalue weighted by Crippen LogP contribution is -2.46. The maximum atomic E-state index is 12.3. The SMILES string of the molecule is CC1=C(C(=O)OC(C)C)[C@@H](c2ccsc2)NC(=O)N1C. The fourth-order valence-electron chi connectivity index (χ4n) is 2.07. The number of urea groups is 1. The van der Waals surface area contributed by atoms with Crippen LogP contribution in [0.5, 0.6) is 0 Å². The van der Waals surface area contributed by atoms with Gasteiger partial charge in [0.25, 0.3) is 0 Å². The Morgan fingerprint density at radius 1 is 1.50 bits per heavy atom. The Morgan fingerprint density at radius 3 is 2.75 bits per heavy atom. The second-order valence-corrected chi connectivity index (χ2v) is 5.73. The van der Waals surface area contributed by atoms with Crippen molar-refractivity contribution in [2.24, 2.45) is 0 Å². The molecule has 1 aromatic rings. The van der Waals surface area contributed by atoms with Gasteiger partial charge in [0.2, 0.25) is 0 Å². The van der Waals surface area contributed by atoms with Gasteiger partial charge >= 0.3 is 12.0 Å². The zero-order chi connectivity index (χ0) is 14.9. The van der Waals surface area contributed by atoms with Crippen LogP contribution in [0.2, 0.25) is 0 Å². The topological polar surface area (TPSA) is 58.6 Å². The van der Waals surface area contributed by atoms with E-state index in [2.05, 4.69) is 5.32 Å². The number of thiophene rings is 1. The highest BCUT2D eigenvalue weighted by molar-refractivity contribution is 7.08. The van der Waals surface area contributed by atoms with Gasteiger partial charge in [-0.15, -0.1) is 0 Å². The van der Waals surface area contributed by atoms with Gasteiger partial charge in [0, 0.05) is 12.7 Å². The molecule has 0 saturated carbocycles. The minimum absolute atomic E-state index is 0.200. The summed E-state index contributed by atoms with van der Waals surface area (Å²) in [5, 5.41) is 6.68. The van der Waals surface area contributed by atoms with Crippen LogP contribution in [0.3, 0.4) is 0 Å². The van der Waals surface area contributed by atoms with Crippen LogP contribution in [0.15, 0.2) is 28.1 Å². The molecule has 1 atom stereocenters. The van der Waals surface area contributed by atoms with E-state index in [0.717, 1.165) is 5.56 Å². The Balaban J connectivity index is 2.44. The Labute approximate surface area is 122 Å². The fourth-order valence-corrected chi connectivity index (χ4v) is 2.75. The third kappa shape index (κ3) is 2.70. The molecule has 2 rings (SSSR count). The molecule has 1 aliphatic rings. The van der Waals surface area contributed by atoms with Crippen molar-refractivity contribution in [3.63, 3.8) is 0 Å². The van der Waals surface area contributed by atoms with Crippen LogP contribution in [-0.2, 0) is 9.53 Å². The van der Waals surface area contributed by atoms with Gasteiger partial charge in [-0.3, -0.25) is 0 Å². The second kappa shape index (κ2) is 5.66. The van der Waals surface area contributed by atoms with Gasteiger partial charge in [-0.05, 0) is 43.2 Å². The van der Waals surface area contributed by atoms with E-state index in [1.54, 1.807) is 27.8 Å². The summed E-state index contributed by atoms with van der Waals surface area (Å²) in [4.78, 5) is 25.7. The summed E-state index contributed by atoms with van der Waals surface area (Å²) < 4.78 is 5.30. The number of nitrogens with zero attached hydrogens (tertiary/aromatic N) is 1. The standard InChI is InChI=1S/C14H18N2O3S/c1-8(2)19-13(17)11-9(3)16(4)14(18)15-12(11)10-5-6-20-7-10/h5-8,12H,1-4H3,(H,15,18)/t12-/m1/s1. The van der Waals surface area contributed by atoms with Crippen molar-refractivity contribution in [2.45, 2.75) is 32.9 Å². The van der Waals surface area contributed by atoms with Gasteiger partial charge in [0.15, 0.2) is 0 Å². The quantitative estimate of drug-likeness (QED) is 0.872. The zero-order valence-electron chi connectivity index (χ0n) is 12.0. The first-order valence-corrected chi connectivity index (χ1v) is 7.34. The largest absolute Gasteiger partial charge is 0.459 e. The molecule has 1 N–H and O–H groups in total. The van der Waals surface area contributed by atoms with Gasteiger partial charge in [0.05, 0.1) is 17.7 Å². The third-order valence-electron chi connectivity index (χ3n) is 3.19. The number of hydrogen-bond donors (Lipinski definition) is 1. The Hall–Kier alpha value is -1.82. The highest BCUT2D eigenvalue weighted by atomic mass is 32.1. The summed E-state index contributed by atoms with van der Waals surface area (Å²) in [5.41, 5.74) is 2.00. The highest BCUT2D eigenvalue weighted by Gasteiger charge is 2.35. The summed E-state index contributed by atoms with van der Waals surface area (Å²) in [7, 11) is 1.64. The molecule has 0 spiro atoms. The molecular weight excluding hydrogens is 276 g/mol. The monoisotopic (exact) mass is 294 g/mol. The van der Waals surface area contributed by atoms with Gasteiger partial charge < -0.3 is 15.0 Å². The van der Waals surface area contributed by atoms with Gasteiger partial charge in [-0.1, -0.05) is 0 Å². The lowest BCUT2D eigenvalue weighted by atomic mass is 9.97. The summed E-state index contributed by atoms with van der Waals surface area (Å²) in [6.45, 7) is 5.37. The molecule has 0 radical (unpaired) electrons. The number of allylic oxidation sites excluding steroid dienone is 1. The van der Waals surface area contributed by atoms with Crippen molar-refractivity contribution in [3.05, 3.63) is 33.7 Å². The highest BCUT2D eigenvalue weighted by Crippen LogP contribution is 2.31. The lowest BCUT2D eigenvalue weighted by Gasteiger charge is -2.33. The summed E-state index contributed by atoms with van der Waals surface area (Å²) >= 11 is 1.52. The molecule has 108 valence electrons. The van der Waals surface area contributed by atoms with E-state index in [1.165, 1.54) is 16.2 Å². The fraction of sp³-hybridized carbons (Fsp3) is 0.429. The summed E-state index contributed by atoms with van der Waals surface area (Å²) in [6.07, 6.45) is -0.200. The first-order valence-electron chi connectivity index (χ1n) is 6.40. The molecule has 1 aliphatic heterocycles. The second-order valence-electron chi connectivity index (χ2n) is 4.95. The van der Waals surface area contributed by atoms with E-state index in [-0.39, 0.29) is 18.1 Å². The van der Waals surface area contributed by atoms with E-state index >= 15 is 0 Å². The first kappa shape index (κ1) is 14.6. The van der Waals surface area contributed by atoms with Crippen LogP contribution in [0, 0.1) is 0 Å². The predicted octanol–water partition coefficient (Wildman–Crippen LogP) is 2.67. The van der Waals surface area contributed by atoms with Gasteiger partial charge in [-0.25, -0.2) is 9.59 Å². The number of rotatable bonds is 3. The Kier molecular flexibility index (Phi) is 4.13. The van der Waals surface area contributed by atoms with Crippen LogP contribution in [0.1, 0.15) is 32.4 Å². The predicted molar refractivity (Wildman–Crippen MR) is 77.3 cm³/mol.